The Hall–Kier alpha value is -1.03. The van der Waals surface area contributed by atoms with E-state index in [0.717, 1.165) is 0 Å². The summed E-state index contributed by atoms with van der Waals surface area (Å²) in [6.45, 7) is 29.7. The first kappa shape index (κ1) is 34.8. The zero-order chi connectivity index (χ0) is 33.6. The summed E-state index contributed by atoms with van der Waals surface area (Å²) in [4.78, 5) is 0. The maximum atomic E-state index is 4.07. The predicted octanol–water partition coefficient (Wildman–Crippen LogP) is 14.9. The molecule has 244 valence electrons. The molecule has 6 rings (SSSR count). The molecule has 0 saturated heterocycles. The van der Waals surface area contributed by atoms with Crippen LogP contribution in [0.5, 0.6) is 0 Å². The Morgan fingerprint density at radius 3 is 0.913 bits per heavy atom. The molecule has 46 heavy (non-hydrogen) atoms. The second kappa shape index (κ2) is 12.4. The van der Waals surface area contributed by atoms with Gasteiger partial charge in [-0.3, -0.25) is 0 Å². The molecule has 0 aliphatic heterocycles. The molecule has 0 N–H and O–H groups in total. The first-order valence-corrected chi connectivity index (χ1v) is 24.9. The van der Waals surface area contributed by atoms with Crippen LogP contribution in [0.2, 0.25) is 33.2 Å². The van der Waals surface area contributed by atoms with E-state index in [2.05, 4.69) is 186 Å². The summed E-state index contributed by atoms with van der Waals surface area (Å²) >= 11 is 12.3. The van der Waals surface area contributed by atoms with Crippen LogP contribution in [-0.2, 0) is 0 Å². The van der Waals surface area contributed by atoms with E-state index in [9.17, 15) is 0 Å². The van der Waals surface area contributed by atoms with Gasteiger partial charge in [-0.05, 0) is 131 Å². The average Bonchev–Trinajstić information content (AvgIpc) is 3.59. The molecule has 0 aliphatic carbocycles. The highest BCUT2D eigenvalue weighted by molar-refractivity contribution is 9.11. The van der Waals surface area contributed by atoms with Crippen LogP contribution >= 0.6 is 54.5 Å². The Balaban J connectivity index is 1.63. The van der Waals surface area contributed by atoms with Crippen molar-refractivity contribution in [3.63, 3.8) is 0 Å². The second-order valence-corrected chi connectivity index (χ2v) is 31.9. The summed E-state index contributed by atoms with van der Waals surface area (Å²) in [5, 5.41) is 11.0. The van der Waals surface area contributed by atoms with Crippen LogP contribution in [-0.4, -0.2) is 16.1 Å². The van der Waals surface area contributed by atoms with E-state index in [0.29, 0.717) is 33.2 Å². The van der Waals surface area contributed by atoms with Crippen LogP contribution < -0.4 is 9.00 Å². The number of halogens is 2. The molecular weight excluding hydrogens is 761 g/mol. The number of rotatable bonds is 8. The molecule has 0 saturated carbocycles. The molecule has 0 unspecified atom stereocenters. The van der Waals surface area contributed by atoms with Crippen molar-refractivity contribution in [2.24, 2.45) is 0 Å². The minimum Gasteiger partial charge on any atom is -0.144 e. The molecule has 2 aromatic heterocycles. The van der Waals surface area contributed by atoms with E-state index in [1.165, 1.54) is 61.4 Å². The largest absolute Gasteiger partial charge is 0.144 e. The Morgan fingerprint density at radius 2 is 0.652 bits per heavy atom. The zero-order valence-corrected chi connectivity index (χ0v) is 36.5. The topological polar surface area (TPSA) is 0 Å². The zero-order valence-electron chi connectivity index (χ0n) is 29.7. The highest BCUT2D eigenvalue weighted by atomic mass is 79.9. The van der Waals surface area contributed by atoms with Crippen LogP contribution in [0.15, 0.2) is 57.5 Å². The lowest BCUT2D eigenvalue weighted by molar-refractivity contribution is 0.837. The molecule has 0 aliphatic rings. The van der Waals surface area contributed by atoms with Gasteiger partial charge in [0.05, 0.1) is 0 Å². The summed E-state index contributed by atoms with van der Waals surface area (Å²) in [6.07, 6.45) is 0. The molecule has 2 heterocycles. The van der Waals surface area contributed by atoms with Crippen LogP contribution in [0.25, 0.3) is 52.5 Å². The Kier molecular flexibility index (Phi) is 9.38. The van der Waals surface area contributed by atoms with Crippen molar-refractivity contribution >= 4 is 132 Å². The number of thiophene rings is 2. The lowest BCUT2D eigenvalue weighted by Crippen LogP contribution is -2.54. The van der Waals surface area contributed by atoms with E-state index >= 15 is 0 Å². The minimum atomic E-state index is -1.76. The van der Waals surface area contributed by atoms with Crippen molar-refractivity contribution in [2.45, 2.75) is 116 Å². The molecule has 0 bridgehead atoms. The quantitative estimate of drug-likeness (QED) is 0.106. The van der Waals surface area contributed by atoms with Crippen molar-refractivity contribution in [3.8, 4) is 0 Å². The third-order valence-electron chi connectivity index (χ3n) is 11.9. The van der Waals surface area contributed by atoms with Crippen LogP contribution in [0.1, 0.15) is 83.1 Å². The molecule has 0 amide bonds. The molecule has 0 radical (unpaired) electrons. The van der Waals surface area contributed by atoms with Gasteiger partial charge in [-0.25, -0.2) is 0 Å². The number of benzene rings is 4. The maximum Gasteiger partial charge on any atom is 0.107 e. The van der Waals surface area contributed by atoms with E-state index < -0.39 is 16.1 Å². The SMILES string of the molecule is CC(C)[Si](c1cc2c(s1)c(Br)cc1c2ccc2c3cc(Br)c4sc([Si](C(C)C)(C(C)C)C(C)C)cc4c3ccc12)(C(C)C)C(C)C. The Labute approximate surface area is 303 Å². The second-order valence-electron chi connectivity index (χ2n) is 15.6. The Bertz CT molecular complexity index is 1920. The molecule has 6 heteroatoms. The monoisotopic (exact) mass is 808 g/mol. The number of hydrogen-bond donors (Lipinski definition) is 0. The van der Waals surface area contributed by atoms with Gasteiger partial charge in [0.25, 0.3) is 0 Å². The molecular formula is C40H50Br2S2Si2. The highest BCUT2D eigenvalue weighted by Crippen LogP contribution is 2.48. The summed E-state index contributed by atoms with van der Waals surface area (Å²) < 4.78 is 8.61. The third-order valence-corrected chi connectivity index (χ3v) is 31.8. The van der Waals surface area contributed by atoms with Gasteiger partial charge in [-0.1, -0.05) is 107 Å². The molecule has 4 aromatic carbocycles. The fourth-order valence-electron chi connectivity index (χ4n) is 10.3. The summed E-state index contributed by atoms with van der Waals surface area (Å²) in [5.74, 6) is 0. The predicted molar refractivity (Wildman–Crippen MR) is 226 cm³/mol. The van der Waals surface area contributed by atoms with Crippen molar-refractivity contribution in [1.82, 2.24) is 0 Å². The first-order chi connectivity index (χ1) is 21.6. The Morgan fingerprint density at radius 1 is 0.391 bits per heavy atom. The van der Waals surface area contributed by atoms with Crippen LogP contribution in [0.4, 0.5) is 0 Å². The van der Waals surface area contributed by atoms with Crippen molar-refractivity contribution in [1.29, 1.82) is 0 Å². The summed E-state index contributed by atoms with van der Waals surface area (Å²) in [5.41, 5.74) is 4.17. The van der Waals surface area contributed by atoms with Gasteiger partial charge in [0.1, 0.15) is 16.1 Å². The molecule has 6 aromatic rings. The smallest absolute Gasteiger partial charge is 0.107 e. The molecule has 0 atom stereocenters. The van der Waals surface area contributed by atoms with Gasteiger partial charge >= 0.3 is 0 Å². The van der Waals surface area contributed by atoms with E-state index in [1.54, 1.807) is 9.00 Å². The van der Waals surface area contributed by atoms with Crippen molar-refractivity contribution < 1.29 is 0 Å². The van der Waals surface area contributed by atoms with E-state index in [-0.39, 0.29) is 0 Å². The van der Waals surface area contributed by atoms with Gasteiger partial charge in [-0.15, -0.1) is 22.7 Å². The first-order valence-electron chi connectivity index (χ1n) is 17.2. The minimum absolute atomic E-state index is 0.695. The fraction of sp³-hybridized carbons (Fsp3) is 0.450. The number of hydrogen-bond acceptors (Lipinski definition) is 2. The third kappa shape index (κ3) is 4.85. The van der Waals surface area contributed by atoms with Gasteiger partial charge in [-0.2, -0.15) is 0 Å². The highest BCUT2D eigenvalue weighted by Gasteiger charge is 2.47. The molecule has 0 nitrogen and oxygen atoms in total. The summed E-state index contributed by atoms with van der Waals surface area (Å²) in [7, 11) is -3.51. The van der Waals surface area contributed by atoms with Gasteiger partial charge in [0.15, 0.2) is 0 Å². The van der Waals surface area contributed by atoms with Crippen molar-refractivity contribution in [3.05, 3.63) is 57.5 Å². The van der Waals surface area contributed by atoms with Crippen LogP contribution in [0, 0.1) is 0 Å². The standard InChI is InChI=1S/C40H50Br2S2Si2/c1-21(2)45(22(3)4,23(5)6)37-19-33-29-15-13-28-27(31(29)17-35(41)39(33)43-37)14-16-30-32(28)18-36(42)40-34(30)20-38(44-40)46(24(7)8,25(9)10)26(11)12/h13-26H,1-12H3. The van der Waals surface area contributed by atoms with Gasteiger partial charge in [0, 0.05) is 29.1 Å². The van der Waals surface area contributed by atoms with E-state index in [1.807, 2.05) is 0 Å². The van der Waals surface area contributed by atoms with E-state index in [4.69, 9.17) is 0 Å². The maximum absolute atomic E-state index is 4.07. The van der Waals surface area contributed by atoms with Crippen LogP contribution in [0.3, 0.4) is 0 Å². The van der Waals surface area contributed by atoms with Crippen molar-refractivity contribution in [2.75, 3.05) is 0 Å². The number of fused-ring (bicyclic) bond motifs is 9. The lowest BCUT2D eigenvalue weighted by Gasteiger charge is -2.42. The van der Waals surface area contributed by atoms with Gasteiger partial charge in [0.2, 0.25) is 0 Å². The molecule has 0 fully saturated rings. The average molecular weight is 811 g/mol. The lowest BCUT2D eigenvalue weighted by atomic mass is 9.95. The van der Waals surface area contributed by atoms with Gasteiger partial charge < -0.3 is 0 Å². The normalized spacial score (nSPS) is 13.7. The molecule has 0 spiro atoms. The summed E-state index contributed by atoms with van der Waals surface area (Å²) in [6, 6.07) is 19.7. The fourth-order valence-corrected chi connectivity index (χ4v) is 31.8.